The lowest BCUT2D eigenvalue weighted by Gasteiger charge is -2.16. The Morgan fingerprint density at radius 1 is 1.26 bits per heavy atom. The zero-order chi connectivity index (χ0) is 18.8. The normalized spacial score (nSPS) is 14.1. The molecule has 27 heavy (non-hydrogen) atoms. The summed E-state index contributed by atoms with van der Waals surface area (Å²) in [5, 5.41) is 3.70. The third kappa shape index (κ3) is 3.79. The zero-order valence-corrected chi connectivity index (χ0v) is 15.4. The van der Waals surface area contributed by atoms with Gasteiger partial charge in [0.25, 0.3) is 0 Å². The summed E-state index contributed by atoms with van der Waals surface area (Å²) < 4.78 is 13.6. The molecule has 3 heterocycles. The number of amides is 1. The van der Waals surface area contributed by atoms with E-state index in [9.17, 15) is 9.18 Å². The van der Waals surface area contributed by atoms with E-state index in [1.165, 1.54) is 25.0 Å². The molecule has 4 rings (SSSR count). The lowest BCUT2D eigenvalue weighted by atomic mass is 10.1. The molecular formula is C21H23FN4O. The number of fused-ring (bicyclic) bond motifs is 1. The largest absolute Gasteiger partial charge is 0.358 e. The van der Waals surface area contributed by atoms with Gasteiger partial charge in [-0.2, -0.15) is 0 Å². The van der Waals surface area contributed by atoms with Gasteiger partial charge in [-0.3, -0.25) is 4.79 Å². The molecule has 1 saturated heterocycles. The van der Waals surface area contributed by atoms with Crippen molar-refractivity contribution < 1.29 is 9.18 Å². The molecule has 0 unspecified atom stereocenters. The van der Waals surface area contributed by atoms with Gasteiger partial charge in [0, 0.05) is 42.4 Å². The second-order valence-corrected chi connectivity index (χ2v) is 7.09. The summed E-state index contributed by atoms with van der Waals surface area (Å²) >= 11 is 0. The first-order valence-electron chi connectivity index (χ1n) is 9.33. The monoisotopic (exact) mass is 366 g/mol. The van der Waals surface area contributed by atoms with Gasteiger partial charge in [0.2, 0.25) is 5.91 Å². The lowest BCUT2D eigenvalue weighted by molar-refractivity contribution is -0.120. The fraction of sp³-hybridized carbons (Fsp3) is 0.333. The van der Waals surface area contributed by atoms with Crippen molar-refractivity contribution in [2.24, 2.45) is 0 Å². The minimum Gasteiger partial charge on any atom is -0.358 e. The molecule has 1 aromatic carbocycles. The van der Waals surface area contributed by atoms with E-state index < -0.39 is 0 Å². The van der Waals surface area contributed by atoms with Crippen LogP contribution in [0.3, 0.4) is 0 Å². The van der Waals surface area contributed by atoms with Crippen molar-refractivity contribution >= 4 is 22.6 Å². The summed E-state index contributed by atoms with van der Waals surface area (Å²) in [4.78, 5) is 22.4. The molecule has 1 aliphatic rings. The van der Waals surface area contributed by atoms with Crippen molar-refractivity contribution in [3.63, 3.8) is 0 Å². The number of carbonyl (C=O) groups is 1. The number of aryl methyl sites for hydroxylation is 1. The van der Waals surface area contributed by atoms with Gasteiger partial charge in [-0.05, 0) is 55.2 Å². The van der Waals surface area contributed by atoms with E-state index in [1.54, 1.807) is 6.07 Å². The maximum absolute atomic E-state index is 13.6. The number of nitrogens with zero attached hydrogens (tertiary/aromatic N) is 2. The summed E-state index contributed by atoms with van der Waals surface area (Å²) in [7, 11) is 0. The highest BCUT2D eigenvalue weighted by molar-refractivity contribution is 5.90. The second kappa shape index (κ2) is 7.39. The van der Waals surface area contributed by atoms with Crippen molar-refractivity contribution in [3.8, 4) is 0 Å². The van der Waals surface area contributed by atoms with Crippen LogP contribution in [0.25, 0.3) is 10.9 Å². The van der Waals surface area contributed by atoms with Crippen LogP contribution in [0.2, 0.25) is 0 Å². The molecule has 0 radical (unpaired) electrons. The summed E-state index contributed by atoms with van der Waals surface area (Å²) in [6.07, 6.45) is 4.47. The number of rotatable bonds is 5. The highest BCUT2D eigenvalue weighted by Crippen LogP contribution is 2.23. The number of carbonyl (C=O) groups excluding carboxylic acids is 1. The van der Waals surface area contributed by atoms with Gasteiger partial charge in [0.1, 0.15) is 11.6 Å². The van der Waals surface area contributed by atoms with Crippen LogP contribution in [0.1, 0.15) is 29.7 Å². The molecule has 6 heteroatoms. The van der Waals surface area contributed by atoms with Crippen LogP contribution in [0.5, 0.6) is 0 Å². The van der Waals surface area contributed by atoms with E-state index in [4.69, 9.17) is 0 Å². The van der Waals surface area contributed by atoms with Gasteiger partial charge < -0.3 is 15.2 Å². The Morgan fingerprint density at radius 2 is 2.07 bits per heavy atom. The molecule has 0 bridgehead atoms. The van der Waals surface area contributed by atoms with Gasteiger partial charge in [-0.15, -0.1) is 0 Å². The smallest absolute Gasteiger partial charge is 0.224 e. The second-order valence-electron chi connectivity index (χ2n) is 7.09. The summed E-state index contributed by atoms with van der Waals surface area (Å²) in [6, 6.07) is 8.61. The average Bonchev–Trinajstić information content (AvgIpc) is 3.30. The maximum atomic E-state index is 13.6. The Balaban J connectivity index is 1.38. The molecule has 2 aromatic heterocycles. The Morgan fingerprint density at radius 3 is 2.81 bits per heavy atom. The van der Waals surface area contributed by atoms with Gasteiger partial charge in [-0.1, -0.05) is 6.07 Å². The van der Waals surface area contributed by atoms with Crippen LogP contribution in [0.15, 0.2) is 36.5 Å². The van der Waals surface area contributed by atoms with Crippen LogP contribution < -0.4 is 10.2 Å². The molecule has 0 saturated carbocycles. The van der Waals surface area contributed by atoms with Crippen LogP contribution in [0, 0.1) is 12.7 Å². The van der Waals surface area contributed by atoms with Crippen LogP contribution in [0.4, 0.5) is 10.2 Å². The number of hydrogen-bond acceptors (Lipinski definition) is 3. The van der Waals surface area contributed by atoms with Crippen LogP contribution >= 0.6 is 0 Å². The van der Waals surface area contributed by atoms with Gasteiger partial charge in [-0.25, -0.2) is 9.37 Å². The number of H-pyrrole nitrogens is 1. The number of aromatic nitrogens is 2. The molecule has 1 fully saturated rings. The number of anilines is 1. The highest BCUT2D eigenvalue weighted by Gasteiger charge is 2.14. The minimum absolute atomic E-state index is 0.0909. The molecule has 140 valence electrons. The molecule has 1 amide bonds. The van der Waals surface area contributed by atoms with Gasteiger partial charge in [0.05, 0.1) is 6.42 Å². The Hall–Kier alpha value is -2.89. The average molecular weight is 366 g/mol. The van der Waals surface area contributed by atoms with E-state index in [0.29, 0.717) is 6.54 Å². The number of benzene rings is 1. The molecule has 0 aliphatic carbocycles. The van der Waals surface area contributed by atoms with E-state index in [-0.39, 0.29) is 18.1 Å². The molecule has 3 aromatic rings. The number of nitrogens with one attached hydrogen (secondary N) is 2. The predicted molar refractivity (Wildman–Crippen MR) is 104 cm³/mol. The first-order valence-corrected chi connectivity index (χ1v) is 9.33. The van der Waals surface area contributed by atoms with E-state index in [1.807, 2.05) is 25.3 Å². The van der Waals surface area contributed by atoms with Crippen molar-refractivity contribution in [1.82, 2.24) is 15.3 Å². The molecule has 0 atom stereocenters. The van der Waals surface area contributed by atoms with Crippen LogP contribution in [-0.2, 0) is 17.8 Å². The maximum Gasteiger partial charge on any atom is 0.224 e. The number of halogens is 1. The van der Waals surface area contributed by atoms with Crippen LogP contribution in [-0.4, -0.2) is 29.0 Å². The summed E-state index contributed by atoms with van der Waals surface area (Å²) in [5.41, 5.74) is 3.54. The van der Waals surface area contributed by atoms with Crippen molar-refractivity contribution in [2.75, 3.05) is 18.0 Å². The Kier molecular flexibility index (Phi) is 4.79. The van der Waals surface area contributed by atoms with Crippen molar-refractivity contribution in [3.05, 3.63) is 59.2 Å². The number of pyridine rings is 1. The third-order valence-electron chi connectivity index (χ3n) is 5.15. The zero-order valence-electron chi connectivity index (χ0n) is 15.4. The van der Waals surface area contributed by atoms with E-state index >= 15 is 0 Å². The number of aromatic amines is 1. The summed E-state index contributed by atoms with van der Waals surface area (Å²) in [6.45, 7) is 4.46. The molecular weight excluding hydrogens is 343 g/mol. The molecule has 5 nitrogen and oxygen atoms in total. The van der Waals surface area contributed by atoms with Gasteiger partial charge >= 0.3 is 0 Å². The van der Waals surface area contributed by atoms with Gasteiger partial charge in [0.15, 0.2) is 0 Å². The SMILES string of the molecule is Cc1[nH]c2ccc(F)cc2c1CC(=O)NCc1ccc(N2CCCC2)nc1. The Bertz CT molecular complexity index is 958. The highest BCUT2D eigenvalue weighted by atomic mass is 19.1. The predicted octanol–water partition coefficient (Wildman–Crippen LogP) is 3.47. The summed E-state index contributed by atoms with van der Waals surface area (Å²) in [5.74, 6) is 0.609. The lowest BCUT2D eigenvalue weighted by Crippen LogP contribution is -2.25. The molecule has 2 N–H and O–H groups in total. The molecule has 1 aliphatic heterocycles. The van der Waals surface area contributed by atoms with Crippen molar-refractivity contribution in [1.29, 1.82) is 0 Å². The number of hydrogen-bond donors (Lipinski definition) is 2. The van der Waals surface area contributed by atoms with E-state index in [2.05, 4.69) is 20.2 Å². The standard InChI is InChI=1S/C21H23FN4O/c1-14-17(18-10-16(22)5-6-19(18)25-14)11-21(27)24-13-15-4-7-20(23-12-15)26-8-2-3-9-26/h4-7,10,12,25H,2-3,8-9,11,13H2,1H3,(H,24,27). The minimum atomic E-state index is -0.299. The van der Waals surface area contributed by atoms with Crippen molar-refractivity contribution in [2.45, 2.75) is 32.7 Å². The fourth-order valence-electron chi connectivity index (χ4n) is 3.66. The first-order chi connectivity index (χ1) is 13.1. The fourth-order valence-corrected chi connectivity index (χ4v) is 3.66. The topological polar surface area (TPSA) is 61.0 Å². The van der Waals surface area contributed by atoms with E-state index in [0.717, 1.165) is 46.6 Å². The third-order valence-corrected chi connectivity index (χ3v) is 5.15. The quantitative estimate of drug-likeness (QED) is 0.727. The molecule has 0 spiro atoms. The Labute approximate surface area is 157 Å². The first kappa shape index (κ1) is 17.5.